The Morgan fingerprint density at radius 3 is 2.15 bits per heavy atom. The van der Waals surface area contributed by atoms with Crippen molar-refractivity contribution in [1.29, 1.82) is 0 Å². The molecular weight excluding hydrogens is 422 g/mol. The van der Waals surface area contributed by atoms with Crippen LogP contribution in [-0.4, -0.2) is 35.9 Å². The van der Waals surface area contributed by atoms with E-state index in [1.807, 2.05) is 19.9 Å². The minimum absolute atomic E-state index is 0.164. The second kappa shape index (κ2) is 11.5. The van der Waals surface area contributed by atoms with E-state index in [9.17, 15) is 14.4 Å². The van der Waals surface area contributed by atoms with Gasteiger partial charge in [-0.3, -0.25) is 14.4 Å². The van der Waals surface area contributed by atoms with Crippen molar-refractivity contribution in [1.82, 2.24) is 4.57 Å². The Morgan fingerprint density at radius 1 is 0.909 bits per heavy atom. The molecule has 3 aromatic rings. The van der Waals surface area contributed by atoms with Crippen molar-refractivity contribution in [2.75, 3.05) is 23.8 Å². The standard InChI is InChI=1S/C25H27N3O5/c1-3-32-22-16-21(27-25(31)18-9-6-5-7-10-18)23(33-4-2)15-20(22)26-24(30)12-14-28-13-8-11-19(28)17-29/h5-11,13,15-17H,3-4,12,14H2,1-2H3,(H,26,30)(H,27,31). The Labute approximate surface area is 192 Å². The van der Waals surface area contributed by atoms with E-state index in [1.54, 1.807) is 59.3 Å². The molecule has 0 bridgehead atoms. The van der Waals surface area contributed by atoms with Gasteiger partial charge in [-0.15, -0.1) is 0 Å². The number of ether oxygens (including phenoxy) is 2. The number of hydrogen-bond acceptors (Lipinski definition) is 5. The lowest BCUT2D eigenvalue weighted by Crippen LogP contribution is -2.17. The molecule has 0 fully saturated rings. The summed E-state index contributed by atoms with van der Waals surface area (Å²) in [6.45, 7) is 4.77. The smallest absolute Gasteiger partial charge is 0.255 e. The number of hydrogen-bond donors (Lipinski definition) is 2. The van der Waals surface area contributed by atoms with Crippen LogP contribution >= 0.6 is 0 Å². The quantitative estimate of drug-likeness (QED) is 0.423. The predicted molar refractivity (Wildman–Crippen MR) is 126 cm³/mol. The first-order chi connectivity index (χ1) is 16.0. The average molecular weight is 450 g/mol. The van der Waals surface area contributed by atoms with Crippen LogP contribution in [0.15, 0.2) is 60.8 Å². The van der Waals surface area contributed by atoms with E-state index in [1.165, 1.54) is 0 Å². The molecule has 0 atom stereocenters. The second-order valence-corrected chi connectivity index (χ2v) is 7.07. The minimum atomic E-state index is -0.284. The molecule has 0 unspecified atom stereocenters. The Hall–Kier alpha value is -4.07. The molecule has 2 N–H and O–H groups in total. The third-order valence-electron chi connectivity index (χ3n) is 4.80. The maximum Gasteiger partial charge on any atom is 0.255 e. The van der Waals surface area contributed by atoms with E-state index in [2.05, 4.69) is 10.6 Å². The summed E-state index contributed by atoms with van der Waals surface area (Å²) in [5.74, 6) is 0.292. The molecule has 2 amide bonds. The first-order valence-corrected chi connectivity index (χ1v) is 10.8. The van der Waals surface area contributed by atoms with Crippen molar-refractivity contribution in [3.8, 4) is 11.5 Å². The molecule has 0 aliphatic rings. The van der Waals surface area contributed by atoms with Crippen molar-refractivity contribution in [3.05, 3.63) is 72.1 Å². The lowest BCUT2D eigenvalue weighted by atomic mass is 10.2. The molecule has 1 aromatic heterocycles. The summed E-state index contributed by atoms with van der Waals surface area (Å²) < 4.78 is 13.1. The van der Waals surface area contributed by atoms with Crippen LogP contribution in [0.2, 0.25) is 0 Å². The van der Waals surface area contributed by atoms with Gasteiger partial charge in [-0.25, -0.2) is 0 Å². The molecule has 0 spiro atoms. The van der Waals surface area contributed by atoms with Crippen molar-refractivity contribution < 1.29 is 23.9 Å². The van der Waals surface area contributed by atoms with Gasteiger partial charge >= 0.3 is 0 Å². The Morgan fingerprint density at radius 2 is 1.55 bits per heavy atom. The summed E-state index contributed by atoms with van der Waals surface area (Å²) in [6, 6.07) is 15.6. The number of nitrogens with zero attached hydrogens (tertiary/aromatic N) is 1. The number of carbonyl (C=O) groups excluding carboxylic acids is 3. The molecule has 1 heterocycles. The number of anilines is 2. The van der Waals surface area contributed by atoms with Gasteiger partial charge in [0.1, 0.15) is 11.5 Å². The van der Waals surface area contributed by atoms with Gasteiger partial charge in [0.2, 0.25) is 5.91 Å². The molecule has 172 valence electrons. The maximum atomic E-state index is 12.6. The molecular formula is C25H27N3O5. The molecule has 0 aliphatic heterocycles. The summed E-state index contributed by atoms with van der Waals surface area (Å²) in [6.07, 6.45) is 2.67. The minimum Gasteiger partial charge on any atom is -0.492 e. The molecule has 8 nitrogen and oxygen atoms in total. The third-order valence-corrected chi connectivity index (χ3v) is 4.80. The number of aldehydes is 1. The highest BCUT2D eigenvalue weighted by Crippen LogP contribution is 2.37. The first kappa shape index (κ1) is 23.6. The van der Waals surface area contributed by atoms with Gasteiger partial charge in [0.15, 0.2) is 6.29 Å². The van der Waals surface area contributed by atoms with Gasteiger partial charge in [-0.2, -0.15) is 0 Å². The van der Waals surface area contributed by atoms with E-state index in [0.717, 1.165) is 6.29 Å². The highest BCUT2D eigenvalue weighted by molar-refractivity contribution is 6.05. The maximum absolute atomic E-state index is 12.6. The van der Waals surface area contributed by atoms with E-state index in [4.69, 9.17) is 9.47 Å². The van der Waals surface area contributed by atoms with E-state index >= 15 is 0 Å². The summed E-state index contributed by atoms with van der Waals surface area (Å²) in [5.41, 5.74) is 1.89. The van der Waals surface area contributed by atoms with Gasteiger partial charge in [0, 0.05) is 36.9 Å². The number of amides is 2. The van der Waals surface area contributed by atoms with E-state index in [0.29, 0.717) is 53.9 Å². The zero-order valence-corrected chi connectivity index (χ0v) is 18.7. The topological polar surface area (TPSA) is 98.7 Å². The van der Waals surface area contributed by atoms with Crippen molar-refractivity contribution in [2.24, 2.45) is 0 Å². The molecule has 3 rings (SSSR count). The van der Waals surface area contributed by atoms with Gasteiger partial charge in [-0.1, -0.05) is 18.2 Å². The molecule has 2 aromatic carbocycles. The lowest BCUT2D eigenvalue weighted by molar-refractivity contribution is -0.116. The summed E-state index contributed by atoms with van der Waals surface area (Å²) in [7, 11) is 0. The fourth-order valence-electron chi connectivity index (χ4n) is 3.26. The normalized spacial score (nSPS) is 10.4. The molecule has 0 radical (unpaired) electrons. The largest absolute Gasteiger partial charge is 0.492 e. The number of nitrogens with one attached hydrogen (secondary N) is 2. The third kappa shape index (κ3) is 6.22. The first-order valence-electron chi connectivity index (χ1n) is 10.8. The molecule has 0 saturated carbocycles. The number of carbonyl (C=O) groups is 3. The van der Waals surface area contributed by atoms with Crippen molar-refractivity contribution >= 4 is 29.5 Å². The Balaban J connectivity index is 1.80. The molecule has 33 heavy (non-hydrogen) atoms. The van der Waals surface area contributed by atoms with Crippen LogP contribution in [0.4, 0.5) is 11.4 Å². The number of rotatable bonds is 11. The average Bonchev–Trinajstić information content (AvgIpc) is 3.29. The summed E-state index contributed by atoms with van der Waals surface area (Å²) in [5, 5.41) is 5.70. The summed E-state index contributed by atoms with van der Waals surface area (Å²) >= 11 is 0. The Bertz CT molecular complexity index is 1110. The van der Waals surface area contributed by atoms with Crippen LogP contribution in [0.3, 0.4) is 0 Å². The second-order valence-electron chi connectivity index (χ2n) is 7.07. The Kier molecular flexibility index (Phi) is 8.24. The monoisotopic (exact) mass is 449 g/mol. The highest BCUT2D eigenvalue weighted by atomic mass is 16.5. The number of aryl methyl sites for hydroxylation is 1. The van der Waals surface area contributed by atoms with Crippen LogP contribution < -0.4 is 20.1 Å². The zero-order chi connectivity index (χ0) is 23.6. The van der Waals surface area contributed by atoms with Gasteiger partial charge in [0.05, 0.1) is 30.3 Å². The van der Waals surface area contributed by atoms with E-state index < -0.39 is 0 Å². The molecule has 8 heteroatoms. The van der Waals surface area contributed by atoms with E-state index in [-0.39, 0.29) is 18.2 Å². The number of aromatic nitrogens is 1. The van der Waals surface area contributed by atoms with Crippen LogP contribution in [0, 0.1) is 0 Å². The lowest BCUT2D eigenvalue weighted by Gasteiger charge is -2.18. The van der Waals surface area contributed by atoms with Crippen molar-refractivity contribution in [3.63, 3.8) is 0 Å². The van der Waals surface area contributed by atoms with Crippen molar-refractivity contribution in [2.45, 2.75) is 26.8 Å². The fraction of sp³-hybridized carbons (Fsp3) is 0.240. The SMILES string of the molecule is CCOc1cc(NC(=O)c2ccccc2)c(OCC)cc1NC(=O)CCn1cccc1C=O. The van der Waals surface area contributed by atoms with Gasteiger partial charge in [0.25, 0.3) is 5.91 Å². The zero-order valence-electron chi connectivity index (χ0n) is 18.7. The summed E-state index contributed by atoms with van der Waals surface area (Å²) in [4.78, 5) is 36.3. The van der Waals surface area contributed by atoms with Gasteiger partial charge in [-0.05, 0) is 38.1 Å². The van der Waals surface area contributed by atoms with Gasteiger partial charge < -0.3 is 24.7 Å². The molecule has 0 aliphatic carbocycles. The van der Waals surface area contributed by atoms with Crippen LogP contribution in [-0.2, 0) is 11.3 Å². The fourth-order valence-corrected chi connectivity index (χ4v) is 3.26. The highest BCUT2D eigenvalue weighted by Gasteiger charge is 2.17. The number of benzene rings is 2. The molecule has 0 saturated heterocycles. The van der Waals surface area contributed by atoms with Crippen LogP contribution in [0.1, 0.15) is 41.1 Å². The van der Waals surface area contributed by atoms with Crippen LogP contribution in [0.25, 0.3) is 0 Å². The van der Waals surface area contributed by atoms with Crippen LogP contribution in [0.5, 0.6) is 11.5 Å². The predicted octanol–water partition coefficient (Wildman–Crippen LogP) is 4.38.